The van der Waals surface area contributed by atoms with Gasteiger partial charge in [-0.1, -0.05) is 12.1 Å². The minimum atomic E-state index is 0.661. The van der Waals surface area contributed by atoms with Gasteiger partial charge in [-0.3, -0.25) is 4.90 Å². The molecule has 0 atom stereocenters. The van der Waals surface area contributed by atoms with Crippen molar-refractivity contribution in [1.82, 2.24) is 9.88 Å². The van der Waals surface area contributed by atoms with E-state index < -0.39 is 0 Å². The first-order valence-electron chi connectivity index (χ1n) is 9.67. The molecule has 5 rings (SSSR count). The van der Waals surface area contributed by atoms with Crippen LogP contribution in [-0.2, 0) is 13.1 Å². The van der Waals surface area contributed by atoms with E-state index in [-0.39, 0.29) is 0 Å². The molecule has 4 aromatic rings. The summed E-state index contributed by atoms with van der Waals surface area (Å²) in [5.74, 6) is 1.65. The highest BCUT2D eigenvalue weighted by Gasteiger charge is 2.22. The third kappa shape index (κ3) is 3.75. The smallest absolute Gasteiger partial charge is 0.165 e. The number of thiophene rings is 1. The SMILES string of the molecule is COc1cc(-c2nc3ccccc3s2)cc2c1OCCN(Cc1ccc(C)s1)C2. The molecule has 0 bridgehead atoms. The van der Waals surface area contributed by atoms with Gasteiger partial charge < -0.3 is 9.47 Å². The number of aromatic nitrogens is 1. The number of aryl methyl sites for hydroxylation is 1. The monoisotopic (exact) mass is 422 g/mol. The molecular formula is C23H22N2O2S2. The summed E-state index contributed by atoms with van der Waals surface area (Å²) in [5.41, 5.74) is 3.27. The predicted molar refractivity (Wildman–Crippen MR) is 120 cm³/mol. The molecule has 0 N–H and O–H groups in total. The van der Waals surface area contributed by atoms with Gasteiger partial charge in [-0.2, -0.15) is 0 Å². The molecule has 1 aliphatic rings. The minimum absolute atomic E-state index is 0.661. The van der Waals surface area contributed by atoms with Crippen molar-refractivity contribution >= 4 is 32.9 Å². The summed E-state index contributed by atoms with van der Waals surface area (Å²) >= 11 is 3.58. The van der Waals surface area contributed by atoms with Gasteiger partial charge in [-0.15, -0.1) is 22.7 Å². The molecule has 0 radical (unpaired) electrons. The fourth-order valence-electron chi connectivity index (χ4n) is 3.73. The van der Waals surface area contributed by atoms with Gasteiger partial charge in [0, 0.05) is 40.5 Å². The van der Waals surface area contributed by atoms with E-state index in [0.717, 1.165) is 52.8 Å². The van der Waals surface area contributed by atoms with Crippen LogP contribution in [0.25, 0.3) is 20.8 Å². The number of fused-ring (bicyclic) bond motifs is 2. The van der Waals surface area contributed by atoms with Crippen molar-refractivity contribution in [3.05, 3.63) is 63.8 Å². The summed E-state index contributed by atoms with van der Waals surface area (Å²) in [6, 6.07) is 16.9. The van der Waals surface area contributed by atoms with E-state index in [4.69, 9.17) is 14.5 Å². The molecule has 0 aliphatic carbocycles. The van der Waals surface area contributed by atoms with E-state index in [1.54, 1.807) is 18.4 Å². The van der Waals surface area contributed by atoms with Crippen LogP contribution < -0.4 is 9.47 Å². The standard InChI is InChI=1S/C23H22N2O2S2/c1-15-7-8-18(28-15)14-25-9-10-27-22-17(13-25)11-16(12-20(22)26-2)23-24-19-5-3-4-6-21(19)29-23/h3-8,11-12H,9-10,13-14H2,1-2H3. The largest absolute Gasteiger partial charge is 0.493 e. The molecule has 0 spiro atoms. The maximum Gasteiger partial charge on any atom is 0.165 e. The van der Waals surface area contributed by atoms with Gasteiger partial charge in [0.15, 0.2) is 11.5 Å². The summed E-state index contributed by atoms with van der Waals surface area (Å²) in [6.45, 7) is 5.49. The second-order valence-corrected chi connectivity index (χ2v) is 9.63. The Morgan fingerprint density at radius 2 is 2.03 bits per heavy atom. The molecule has 0 fully saturated rings. The van der Waals surface area contributed by atoms with Gasteiger partial charge in [0.25, 0.3) is 0 Å². The van der Waals surface area contributed by atoms with Crippen molar-refractivity contribution in [2.45, 2.75) is 20.0 Å². The van der Waals surface area contributed by atoms with E-state index in [1.165, 1.54) is 14.5 Å². The van der Waals surface area contributed by atoms with E-state index >= 15 is 0 Å². The maximum absolute atomic E-state index is 6.11. The Bertz CT molecular complexity index is 1130. The zero-order chi connectivity index (χ0) is 19.8. The molecule has 0 saturated carbocycles. The van der Waals surface area contributed by atoms with Crippen LogP contribution in [0.3, 0.4) is 0 Å². The van der Waals surface area contributed by atoms with Crippen LogP contribution in [-0.4, -0.2) is 30.1 Å². The average molecular weight is 423 g/mol. The Labute approximate surface area is 178 Å². The molecule has 148 valence electrons. The number of nitrogens with zero attached hydrogens (tertiary/aromatic N) is 2. The van der Waals surface area contributed by atoms with Crippen LogP contribution in [0.1, 0.15) is 15.3 Å². The van der Waals surface area contributed by atoms with Crippen molar-refractivity contribution in [2.24, 2.45) is 0 Å². The van der Waals surface area contributed by atoms with Crippen LogP contribution in [0.2, 0.25) is 0 Å². The summed E-state index contributed by atoms with van der Waals surface area (Å²) in [7, 11) is 1.71. The number of methoxy groups -OCH3 is 1. The molecule has 0 amide bonds. The molecule has 1 aliphatic heterocycles. The Hall–Kier alpha value is -2.41. The van der Waals surface area contributed by atoms with E-state index in [9.17, 15) is 0 Å². The number of rotatable bonds is 4. The van der Waals surface area contributed by atoms with Crippen LogP contribution >= 0.6 is 22.7 Å². The van der Waals surface area contributed by atoms with Gasteiger partial charge >= 0.3 is 0 Å². The van der Waals surface area contributed by atoms with Crippen LogP contribution in [0.4, 0.5) is 0 Å². The first kappa shape index (κ1) is 18.6. The fourth-order valence-corrected chi connectivity index (χ4v) is 5.62. The lowest BCUT2D eigenvalue weighted by Crippen LogP contribution is -2.24. The van der Waals surface area contributed by atoms with Crippen LogP contribution in [0, 0.1) is 6.92 Å². The van der Waals surface area contributed by atoms with E-state index in [0.29, 0.717) is 6.61 Å². The van der Waals surface area contributed by atoms with E-state index in [2.05, 4.69) is 54.3 Å². The quantitative estimate of drug-likeness (QED) is 0.420. The van der Waals surface area contributed by atoms with Gasteiger partial charge in [0.1, 0.15) is 11.6 Å². The second-order valence-electron chi connectivity index (χ2n) is 7.22. The van der Waals surface area contributed by atoms with Crippen molar-refractivity contribution in [1.29, 1.82) is 0 Å². The lowest BCUT2D eigenvalue weighted by Gasteiger charge is -2.18. The van der Waals surface area contributed by atoms with Crippen molar-refractivity contribution in [3.8, 4) is 22.1 Å². The number of hydrogen-bond acceptors (Lipinski definition) is 6. The zero-order valence-corrected chi connectivity index (χ0v) is 18.1. The molecule has 0 saturated heterocycles. The molecule has 2 aromatic heterocycles. The molecular weight excluding hydrogens is 400 g/mol. The Morgan fingerprint density at radius 3 is 2.83 bits per heavy atom. The van der Waals surface area contributed by atoms with Crippen molar-refractivity contribution < 1.29 is 9.47 Å². The maximum atomic E-state index is 6.11. The molecule has 2 aromatic carbocycles. The Morgan fingerprint density at radius 1 is 1.14 bits per heavy atom. The highest BCUT2D eigenvalue weighted by Crippen LogP contribution is 2.40. The number of benzene rings is 2. The fraction of sp³-hybridized carbons (Fsp3) is 0.261. The molecule has 0 unspecified atom stereocenters. The highest BCUT2D eigenvalue weighted by molar-refractivity contribution is 7.21. The first-order chi connectivity index (χ1) is 14.2. The number of ether oxygens (including phenoxy) is 2. The minimum Gasteiger partial charge on any atom is -0.493 e. The Balaban J connectivity index is 1.51. The summed E-state index contributed by atoms with van der Waals surface area (Å²) < 4.78 is 13.0. The molecule has 6 heteroatoms. The third-order valence-corrected chi connectivity index (χ3v) is 7.19. The molecule has 29 heavy (non-hydrogen) atoms. The van der Waals surface area contributed by atoms with Crippen molar-refractivity contribution in [2.75, 3.05) is 20.3 Å². The van der Waals surface area contributed by atoms with Crippen molar-refractivity contribution in [3.63, 3.8) is 0 Å². The normalized spacial score (nSPS) is 14.4. The van der Waals surface area contributed by atoms with Gasteiger partial charge in [-0.25, -0.2) is 4.98 Å². The van der Waals surface area contributed by atoms with E-state index in [1.807, 2.05) is 17.4 Å². The third-order valence-electron chi connectivity index (χ3n) is 5.12. The Kier molecular flexibility index (Phi) is 4.99. The lowest BCUT2D eigenvalue weighted by molar-refractivity contribution is 0.218. The first-order valence-corrected chi connectivity index (χ1v) is 11.3. The lowest BCUT2D eigenvalue weighted by atomic mass is 10.1. The molecule has 3 heterocycles. The summed E-state index contributed by atoms with van der Waals surface area (Å²) in [4.78, 5) is 10.0. The molecule has 4 nitrogen and oxygen atoms in total. The van der Waals surface area contributed by atoms with Gasteiger partial charge in [0.2, 0.25) is 0 Å². The average Bonchev–Trinajstić information content (AvgIpc) is 3.28. The second kappa shape index (κ2) is 7.78. The zero-order valence-electron chi connectivity index (χ0n) is 16.5. The van der Waals surface area contributed by atoms with Crippen LogP contribution in [0.5, 0.6) is 11.5 Å². The summed E-state index contributed by atoms with van der Waals surface area (Å²) in [5, 5.41) is 1.01. The van der Waals surface area contributed by atoms with Gasteiger partial charge in [-0.05, 0) is 43.3 Å². The summed E-state index contributed by atoms with van der Waals surface area (Å²) in [6.07, 6.45) is 0. The van der Waals surface area contributed by atoms with Crippen LogP contribution in [0.15, 0.2) is 48.5 Å². The number of para-hydroxylation sites is 1. The predicted octanol–water partition coefficient (Wildman–Crippen LogP) is 5.74. The topological polar surface area (TPSA) is 34.6 Å². The number of hydrogen-bond donors (Lipinski definition) is 0. The van der Waals surface area contributed by atoms with Gasteiger partial charge in [0.05, 0.1) is 17.3 Å². The number of thiazole rings is 1. The highest BCUT2D eigenvalue weighted by atomic mass is 32.1.